The first kappa shape index (κ1) is 27.1. The van der Waals surface area contributed by atoms with Crippen molar-refractivity contribution in [3.63, 3.8) is 0 Å². The molecule has 1 unspecified atom stereocenters. The van der Waals surface area contributed by atoms with E-state index in [2.05, 4.69) is 11.3 Å². The number of sulfone groups is 1. The average molecular weight is 578 g/mol. The van der Waals surface area contributed by atoms with Crippen LogP contribution < -0.4 is 9.46 Å². The van der Waals surface area contributed by atoms with Gasteiger partial charge in [-0.05, 0) is 68.0 Å². The number of fused-ring (bicyclic) bond motifs is 5. The van der Waals surface area contributed by atoms with Crippen molar-refractivity contribution in [2.45, 2.75) is 52.8 Å². The summed E-state index contributed by atoms with van der Waals surface area (Å²) in [5.74, 6) is -4.23. The predicted molar refractivity (Wildman–Crippen MR) is 127 cm³/mol. The van der Waals surface area contributed by atoms with Crippen molar-refractivity contribution in [2.24, 2.45) is 11.8 Å². The van der Waals surface area contributed by atoms with E-state index in [-0.39, 0.29) is 32.3 Å². The van der Waals surface area contributed by atoms with Crippen LogP contribution in [0.5, 0.6) is 5.75 Å². The molecule has 3 aliphatic rings. The van der Waals surface area contributed by atoms with Crippen LogP contribution in [-0.4, -0.2) is 34.7 Å². The summed E-state index contributed by atoms with van der Waals surface area (Å²) in [5, 5.41) is -0.926. The lowest BCUT2D eigenvalue weighted by atomic mass is 9.64. The van der Waals surface area contributed by atoms with Crippen molar-refractivity contribution in [1.82, 2.24) is 4.72 Å². The quantitative estimate of drug-likeness (QED) is 0.420. The summed E-state index contributed by atoms with van der Waals surface area (Å²) >= 11 is 0. The molecule has 2 heterocycles. The molecule has 2 aromatic carbocycles. The maximum Gasteiger partial charge on any atom is 0.416 e. The molecule has 0 amide bonds. The molecule has 0 bridgehead atoms. The Labute approximate surface area is 216 Å². The molecule has 206 valence electrons. The van der Waals surface area contributed by atoms with E-state index in [1.165, 1.54) is 6.08 Å². The smallest absolute Gasteiger partial charge is 0.416 e. The fraction of sp³-hybridized carbons (Fsp3) is 0.440. The second-order valence-corrected chi connectivity index (χ2v) is 14.1. The zero-order valence-corrected chi connectivity index (χ0v) is 21.5. The van der Waals surface area contributed by atoms with E-state index < -0.39 is 87.3 Å². The third kappa shape index (κ3) is 3.96. The van der Waals surface area contributed by atoms with Crippen LogP contribution in [0.15, 0.2) is 53.9 Å². The Morgan fingerprint density at radius 1 is 1.11 bits per heavy atom. The third-order valence-electron chi connectivity index (χ3n) is 8.04. The molecule has 2 fully saturated rings. The number of hydrogen-bond acceptors (Lipinski definition) is 5. The topological polar surface area (TPSA) is 89.5 Å². The van der Waals surface area contributed by atoms with Crippen molar-refractivity contribution < 1.29 is 43.5 Å². The van der Waals surface area contributed by atoms with Crippen LogP contribution in [0.1, 0.15) is 36.8 Å². The van der Waals surface area contributed by atoms with E-state index in [0.29, 0.717) is 12.1 Å². The van der Waals surface area contributed by atoms with E-state index in [1.807, 2.05) is 0 Å². The molecule has 0 aromatic heterocycles. The van der Waals surface area contributed by atoms with Crippen molar-refractivity contribution in [3.05, 3.63) is 71.8 Å². The number of halogens is 5. The molecule has 2 aromatic rings. The number of allylic oxidation sites excluding steroid dienone is 1. The fourth-order valence-corrected chi connectivity index (χ4v) is 10.5. The van der Waals surface area contributed by atoms with Crippen LogP contribution in [0.4, 0.5) is 22.0 Å². The highest BCUT2D eigenvalue weighted by Gasteiger charge is 2.64. The van der Waals surface area contributed by atoms with Crippen LogP contribution in [0, 0.1) is 23.5 Å². The number of rotatable bonds is 4. The van der Waals surface area contributed by atoms with E-state index in [0.717, 1.165) is 24.3 Å². The third-order valence-corrected chi connectivity index (χ3v) is 12.5. The molecule has 6 nitrogen and oxygen atoms in total. The Morgan fingerprint density at radius 3 is 2.39 bits per heavy atom. The minimum absolute atomic E-state index is 0.0174. The predicted octanol–water partition coefficient (Wildman–Crippen LogP) is 4.71. The zero-order valence-electron chi connectivity index (χ0n) is 19.8. The fourth-order valence-electron chi connectivity index (χ4n) is 6.33. The number of alkyl halides is 3. The summed E-state index contributed by atoms with van der Waals surface area (Å²) in [6, 6.07) is 3.80. The van der Waals surface area contributed by atoms with Crippen LogP contribution in [-0.2, 0) is 30.8 Å². The first-order valence-electron chi connectivity index (χ1n) is 11.9. The van der Waals surface area contributed by atoms with Crippen molar-refractivity contribution in [2.75, 3.05) is 6.61 Å². The molecule has 13 heteroatoms. The molecule has 1 saturated heterocycles. The van der Waals surface area contributed by atoms with Gasteiger partial charge < -0.3 is 4.74 Å². The second-order valence-electron chi connectivity index (χ2n) is 9.92. The van der Waals surface area contributed by atoms with E-state index in [4.69, 9.17) is 4.74 Å². The number of hydrogen-bond donors (Lipinski definition) is 1. The number of ether oxygens (including phenoxy) is 1. The highest BCUT2D eigenvalue weighted by atomic mass is 32.2. The first-order chi connectivity index (χ1) is 17.7. The minimum Gasteiger partial charge on any atom is -0.490 e. The van der Waals surface area contributed by atoms with E-state index >= 15 is 4.39 Å². The molecular weight excluding hydrogens is 553 g/mol. The SMILES string of the molecule is C=CC[C@@H]1CC2[C@@H](CC[C@@]3(S(=O)(=O)c4ccc(C(F)(F)F)cc4)c4c(F)ccc(F)c4OC[C@@H]23)NS1(=O)=O. The largest absolute Gasteiger partial charge is 0.490 e. The van der Waals surface area contributed by atoms with Crippen LogP contribution in [0.25, 0.3) is 0 Å². The number of nitrogens with one attached hydrogen (secondary N) is 1. The van der Waals surface area contributed by atoms with Gasteiger partial charge in [0, 0.05) is 12.0 Å². The molecule has 0 spiro atoms. The maximum atomic E-state index is 15.5. The highest BCUT2D eigenvalue weighted by Crippen LogP contribution is 2.59. The van der Waals surface area contributed by atoms with Crippen LogP contribution >= 0.6 is 0 Å². The lowest BCUT2D eigenvalue weighted by molar-refractivity contribution is -0.137. The van der Waals surface area contributed by atoms with Crippen LogP contribution in [0.3, 0.4) is 0 Å². The Morgan fingerprint density at radius 2 is 1.76 bits per heavy atom. The van der Waals surface area contributed by atoms with Gasteiger partial charge in [-0.2, -0.15) is 13.2 Å². The van der Waals surface area contributed by atoms with Crippen LogP contribution in [0.2, 0.25) is 0 Å². The van der Waals surface area contributed by atoms with Gasteiger partial charge in [0.25, 0.3) is 0 Å². The summed E-state index contributed by atoms with van der Waals surface area (Å²) in [7, 11) is -8.41. The molecular formula is C25H24F5NO5S2. The maximum absolute atomic E-state index is 15.5. The molecule has 1 saturated carbocycles. The van der Waals surface area contributed by atoms with Gasteiger partial charge in [-0.1, -0.05) is 6.08 Å². The zero-order chi connectivity index (χ0) is 27.7. The molecule has 1 aliphatic carbocycles. The van der Waals surface area contributed by atoms with Gasteiger partial charge in [0.05, 0.1) is 27.9 Å². The Hall–Kier alpha value is -2.51. The van der Waals surface area contributed by atoms with E-state index in [9.17, 15) is 34.4 Å². The minimum atomic E-state index is -4.71. The molecule has 1 N–H and O–H groups in total. The van der Waals surface area contributed by atoms with Gasteiger partial charge >= 0.3 is 6.18 Å². The summed E-state index contributed by atoms with van der Waals surface area (Å²) in [5.41, 5.74) is -1.58. The van der Waals surface area contributed by atoms with Crippen molar-refractivity contribution in [3.8, 4) is 5.75 Å². The lowest BCUT2D eigenvalue weighted by Crippen LogP contribution is -2.63. The van der Waals surface area contributed by atoms with Crippen molar-refractivity contribution >= 4 is 19.9 Å². The van der Waals surface area contributed by atoms with Gasteiger partial charge in [-0.25, -0.2) is 30.3 Å². The Bertz CT molecular complexity index is 1490. The van der Waals surface area contributed by atoms with Gasteiger partial charge in [0.15, 0.2) is 21.4 Å². The first-order valence-corrected chi connectivity index (χ1v) is 14.9. The van der Waals surface area contributed by atoms with E-state index in [1.54, 1.807) is 0 Å². The summed E-state index contributed by atoms with van der Waals surface area (Å²) in [4.78, 5) is -0.482. The molecule has 38 heavy (non-hydrogen) atoms. The second kappa shape index (κ2) is 9.02. The normalized spacial score (nSPS) is 30.3. The van der Waals surface area contributed by atoms with Gasteiger partial charge in [-0.15, -0.1) is 6.58 Å². The lowest BCUT2D eigenvalue weighted by Gasteiger charge is -2.54. The average Bonchev–Trinajstić information content (AvgIpc) is 2.85. The Balaban J connectivity index is 1.71. The standard InChI is InChI=1S/C25H24F5NO5S2/c1-2-3-16-12-17-18-13-36-23-20(27)9-8-19(26)22(23)24(18,11-10-21(17)31-38(16,34)35)37(32,33)15-6-4-14(5-7-15)25(28,29)30/h2,4-9,16-18,21,31H,1,3,10-13H2/t16-,17?,18+,21-,24+/m1/s1. The Kier molecular flexibility index (Phi) is 6.43. The highest BCUT2D eigenvalue weighted by molar-refractivity contribution is 7.92. The van der Waals surface area contributed by atoms with Gasteiger partial charge in [0.1, 0.15) is 10.6 Å². The summed E-state index contributed by atoms with van der Waals surface area (Å²) in [6.07, 6.45) is -3.48. The monoisotopic (exact) mass is 577 g/mol. The molecule has 0 radical (unpaired) electrons. The van der Waals surface area contributed by atoms with Gasteiger partial charge in [0.2, 0.25) is 10.0 Å². The number of benzene rings is 2. The summed E-state index contributed by atoms with van der Waals surface area (Å²) < 4.78 is 130. The van der Waals surface area contributed by atoms with Crippen molar-refractivity contribution in [1.29, 1.82) is 0 Å². The van der Waals surface area contributed by atoms with Gasteiger partial charge in [-0.3, -0.25) is 0 Å². The number of sulfonamides is 1. The molecule has 2 aliphatic heterocycles. The summed E-state index contributed by atoms with van der Waals surface area (Å²) in [6.45, 7) is 3.24. The molecule has 5 atom stereocenters. The molecule has 5 rings (SSSR count).